The van der Waals surface area contributed by atoms with Crippen molar-refractivity contribution in [1.82, 2.24) is 10.4 Å². The van der Waals surface area contributed by atoms with Crippen LogP contribution in [0.1, 0.15) is 32.4 Å². The highest BCUT2D eigenvalue weighted by atomic mass is 16.6. The van der Waals surface area contributed by atoms with Crippen molar-refractivity contribution < 1.29 is 19.6 Å². The van der Waals surface area contributed by atoms with E-state index >= 15 is 0 Å². The van der Waals surface area contributed by atoms with Gasteiger partial charge in [-0.2, -0.15) is 0 Å². The lowest BCUT2D eigenvalue weighted by atomic mass is 10.0. The summed E-state index contributed by atoms with van der Waals surface area (Å²) in [5, 5.41) is 25.0. The number of anilines is 1. The van der Waals surface area contributed by atoms with E-state index in [1.54, 1.807) is 36.4 Å². The topological polar surface area (TPSA) is 125 Å². The highest BCUT2D eigenvalue weighted by Crippen LogP contribution is 2.33. The van der Waals surface area contributed by atoms with Crippen LogP contribution in [0.25, 0.3) is 0 Å². The first kappa shape index (κ1) is 18.9. The first-order valence-electron chi connectivity index (χ1n) is 8.97. The molecule has 9 nitrogen and oxygen atoms in total. The van der Waals surface area contributed by atoms with Crippen LogP contribution >= 0.6 is 0 Å². The molecule has 1 heterocycles. The monoisotopic (exact) mass is 404 g/mol. The molecule has 0 saturated carbocycles. The molecule has 0 radical (unpaired) electrons. The zero-order chi connectivity index (χ0) is 21.3. The van der Waals surface area contributed by atoms with E-state index in [1.165, 1.54) is 36.4 Å². The molecule has 0 saturated heterocycles. The standard InChI is InChI=1S/C21H16N4O5/c26-16-5-3-4-14(12-16)19-22-18-7-2-1-6-17(18)21(28)24(19)23-20(27)13-8-10-15(11-9-13)25(29)30/h1-12,19,22,26H,(H,23,27). The van der Waals surface area contributed by atoms with E-state index in [4.69, 9.17) is 0 Å². The van der Waals surface area contributed by atoms with Gasteiger partial charge >= 0.3 is 0 Å². The van der Waals surface area contributed by atoms with Gasteiger partial charge < -0.3 is 10.4 Å². The lowest BCUT2D eigenvalue weighted by Gasteiger charge is -2.37. The van der Waals surface area contributed by atoms with Crippen LogP contribution in [-0.2, 0) is 0 Å². The Morgan fingerprint density at radius 1 is 1.07 bits per heavy atom. The Morgan fingerprint density at radius 3 is 2.50 bits per heavy atom. The highest BCUT2D eigenvalue weighted by Gasteiger charge is 2.34. The third kappa shape index (κ3) is 3.51. The van der Waals surface area contributed by atoms with Crippen LogP contribution in [0.5, 0.6) is 5.75 Å². The first-order chi connectivity index (χ1) is 14.4. The largest absolute Gasteiger partial charge is 0.508 e. The molecule has 1 aliphatic rings. The van der Waals surface area contributed by atoms with E-state index in [9.17, 15) is 24.8 Å². The molecule has 0 fully saturated rings. The Bertz CT molecular complexity index is 1150. The van der Waals surface area contributed by atoms with Crippen molar-refractivity contribution in [3.05, 3.63) is 99.6 Å². The SMILES string of the molecule is O=C(NN1C(=O)c2ccccc2NC1c1cccc(O)c1)c1ccc([N+](=O)[O-])cc1. The second kappa shape index (κ2) is 7.55. The smallest absolute Gasteiger partial charge is 0.276 e. The number of carbonyl (C=O) groups excluding carboxylic acids is 2. The minimum atomic E-state index is -0.776. The van der Waals surface area contributed by atoms with E-state index in [2.05, 4.69) is 10.7 Å². The number of carbonyl (C=O) groups is 2. The highest BCUT2D eigenvalue weighted by molar-refractivity contribution is 6.04. The van der Waals surface area contributed by atoms with Gasteiger partial charge in [-0.15, -0.1) is 0 Å². The summed E-state index contributed by atoms with van der Waals surface area (Å²) in [5.74, 6) is -1.03. The average molecular weight is 404 g/mol. The van der Waals surface area contributed by atoms with Gasteiger partial charge in [0.25, 0.3) is 17.5 Å². The van der Waals surface area contributed by atoms with E-state index in [1.807, 2.05) is 0 Å². The van der Waals surface area contributed by atoms with Crippen LogP contribution in [0, 0.1) is 10.1 Å². The predicted molar refractivity (Wildman–Crippen MR) is 108 cm³/mol. The molecule has 3 N–H and O–H groups in total. The van der Waals surface area contributed by atoms with Gasteiger partial charge in [-0.3, -0.25) is 25.1 Å². The van der Waals surface area contributed by atoms with Crippen LogP contribution in [0.4, 0.5) is 11.4 Å². The van der Waals surface area contributed by atoms with Gasteiger partial charge in [0.05, 0.1) is 10.5 Å². The molecule has 9 heteroatoms. The molecular formula is C21H16N4O5. The third-order valence-corrected chi connectivity index (χ3v) is 4.67. The Balaban J connectivity index is 1.68. The number of non-ortho nitro benzene ring substituents is 1. The number of nitrogens with zero attached hydrogens (tertiary/aromatic N) is 2. The second-order valence-corrected chi connectivity index (χ2v) is 6.61. The molecular weight excluding hydrogens is 388 g/mol. The van der Waals surface area contributed by atoms with Gasteiger partial charge in [0.15, 0.2) is 0 Å². The Hall–Kier alpha value is -4.40. The number of benzene rings is 3. The van der Waals surface area contributed by atoms with Gasteiger partial charge in [0.1, 0.15) is 11.9 Å². The zero-order valence-corrected chi connectivity index (χ0v) is 15.5. The number of fused-ring (bicyclic) bond motifs is 1. The lowest BCUT2D eigenvalue weighted by Crippen LogP contribution is -2.52. The fourth-order valence-electron chi connectivity index (χ4n) is 3.21. The third-order valence-electron chi connectivity index (χ3n) is 4.67. The van der Waals surface area contributed by atoms with Crippen molar-refractivity contribution in [3.8, 4) is 5.75 Å². The van der Waals surface area contributed by atoms with Crippen LogP contribution < -0.4 is 10.7 Å². The number of hydrogen-bond donors (Lipinski definition) is 3. The molecule has 3 aromatic rings. The molecule has 1 atom stereocenters. The molecule has 1 aliphatic heterocycles. The van der Waals surface area contributed by atoms with Gasteiger partial charge in [-0.1, -0.05) is 24.3 Å². The number of para-hydroxylation sites is 1. The normalized spacial score (nSPS) is 15.1. The quantitative estimate of drug-likeness (QED) is 0.453. The van der Waals surface area contributed by atoms with Crippen molar-refractivity contribution in [2.75, 3.05) is 5.32 Å². The summed E-state index contributed by atoms with van der Waals surface area (Å²) in [6, 6.07) is 18.3. The van der Waals surface area contributed by atoms with Crippen LogP contribution in [0.3, 0.4) is 0 Å². The van der Waals surface area contributed by atoms with Gasteiger partial charge in [-0.25, -0.2) is 5.01 Å². The Kier molecular flexibility index (Phi) is 4.77. The molecule has 0 spiro atoms. The van der Waals surface area contributed by atoms with Crippen molar-refractivity contribution in [1.29, 1.82) is 0 Å². The van der Waals surface area contributed by atoms with Crippen LogP contribution in [0.2, 0.25) is 0 Å². The van der Waals surface area contributed by atoms with Crippen molar-refractivity contribution in [2.45, 2.75) is 6.17 Å². The number of hydrogen-bond acceptors (Lipinski definition) is 6. The van der Waals surface area contributed by atoms with E-state index in [0.717, 1.165) is 5.01 Å². The molecule has 1 unspecified atom stereocenters. The van der Waals surface area contributed by atoms with Crippen molar-refractivity contribution >= 4 is 23.2 Å². The summed E-state index contributed by atoms with van der Waals surface area (Å²) in [5.41, 5.74) is 4.11. The summed E-state index contributed by atoms with van der Waals surface area (Å²) < 4.78 is 0. The molecule has 30 heavy (non-hydrogen) atoms. The molecule has 4 rings (SSSR count). The number of amides is 2. The predicted octanol–water partition coefficient (Wildman–Crippen LogP) is 3.21. The first-order valence-corrected chi connectivity index (χ1v) is 8.97. The number of nitro groups is 1. The number of phenols is 1. The number of nitro benzene ring substituents is 1. The minimum Gasteiger partial charge on any atom is -0.508 e. The van der Waals surface area contributed by atoms with Crippen LogP contribution in [0.15, 0.2) is 72.8 Å². The Labute approximate surface area is 170 Å². The average Bonchev–Trinajstić information content (AvgIpc) is 2.75. The second-order valence-electron chi connectivity index (χ2n) is 6.61. The van der Waals surface area contributed by atoms with E-state index < -0.39 is 22.9 Å². The molecule has 2 amide bonds. The number of aromatic hydroxyl groups is 1. The van der Waals surface area contributed by atoms with Gasteiger partial charge in [0.2, 0.25) is 0 Å². The molecule has 0 bridgehead atoms. The van der Waals surface area contributed by atoms with Gasteiger partial charge in [-0.05, 0) is 36.4 Å². The van der Waals surface area contributed by atoms with E-state index in [0.29, 0.717) is 16.8 Å². The summed E-state index contributed by atoms with van der Waals surface area (Å²) in [6.07, 6.45) is -0.776. The summed E-state index contributed by atoms with van der Waals surface area (Å²) in [7, 11) is 0. The van der Waals surface area contributed by atoms with Crippen molar-refractivity contribution in [2.24, 2.45) is 0 Å². The summed E-state index contributed by atoms with van der Waals surface area (Å²) >= 11 is 0. The lowest BCUT2D eigenvalue weighted by molar-refractivity contribution is -0.384. The fraction of sp³-hybridized carbons (Fsp3) is 0.0476. The van der Waals surface area contributed by atoms with Gasteiger partial charge in [0, 0.05) is 28.9 Å². The summed E-state index contributed by atoms with van der Waals surface area (Å²) in [4.78, 5) is 36.1. The van der Waals surface area contributed by atoms with Crippen molar-refractivity contribution in [3.63, 3.8) is 0 Å². The number of hydrazine groups is 1. The fourth-order valence-corrected chi connectivity index (χ4v) is 3.21. The summed E-state index contributed by atoms with van der Waals surface area (Å²) in [6.45, 7) is 0. The van der Waals surface area contributed by atoms with Crippen LogP contribution in [-0.4, -0.2) is 26.9 Å². The minimum absolute atomic E-state index is 0.0160. The zero-order valence-electron chi connectivity index (χ0n) is 15.5. The Morgan fingerprint density at radius 2 is 1.80 bits per heavy atom. The maximum absolute atomic E-state index is 13.1. The maximum Gasteiger partial charge on any atom is 0.276 e. The molecule has 0 aliphatic carbocycles. The molecule has 3 aromatic carbocycles. The molecule has 0 aromatic heterocycles. The maximum atomic E-state index is 13.1. The number of phenolic OH excluding ortho intramolecular Hbond substituents is 1. The number of nitrogens with one attached hydrogen (secondary N) is 2. The van der Waals surface area contributed by atoms with E-state index in [-0.39, 0.29) is 17.0 Å². The number of rotatable bonds is 4. The molecule has 150 valence electrons.